The molecule has 0 saturated carbocycles. The standard InChI is InChI=1S/C7H10N2O/c1-4-7(10)9(3)6(2)5-8/h4,6H,1H2,2-3H3. The van der Waals surface area contributed by atoms with E-state index in [1.54, 1.807) is 14.0 Å². The van der Waals surface area contributed by atoms with Gasteiger partial charge in [0.25, 0.3) is 0 Å². The monoisotopic (exact) mass is 138 g/mol. The number of nitriles is 1. The van der Waals surface area contributed by atoms with Crippen molar-refractivity contribution in [2.45, 2.75) is 13.0 Å². The van der Waals surface area contributed by atoms with Crippen molar-refractivity contribution < 1.29 is 4.79 Å². The molecule has 0 rings (SSSR count). The molecular weight excluding hydrogens is 128 g/mol. The molecule has 0 heterocycles. The molecule has 0 spiro atoms. The molecule has 0 aliphatic rings. The van der Waals surface area contributed by atoms with Crippen molar-refractivity contribution in [1.82, 2.24) is 4.90 Å². The van der Waals surface area contributed by atoms with Crippen molar-refractivity contribution in [2.75, 3.05) is 7.05 Å². The number of likely N-dealkylation sites (N-methyl/N-ethyl adjacent to an activating group) is 1. The zero-order chi connectivity index (χ0) is 8.15. The molecule has 0 saturated heterocycles. The van der Waals surface area contributed by atoms with Gasteiger partial charge >= 0.3 is 0 Å². The van der Waals surface area contributed by atoms with Crippen LogP contribution >= 0.6 is 0 Å². The van der Waals surface area contributed by atoms with Gasteiger partial charge in [-0.15, -0.1) is 0 Å². The maximum atomic E-state index is 10.8. The predicted octanol–water partition coefficient (Wildman–Crippen LogP) is 0.543. The van der Waals surface area contributed by atoms with Crippen LogP contribution in [0.1, 0.15) is 6.92 Å². The third-order valence-corrected chi connectivity index (χ3v) is 1.29. The van der Waals surface area contributed by atoms with E-state index < -0.39 is 0 Å². The first kappa shape index (κ1) is 8.70. The third kappa shape index (κ3) is 1.90. The largest absolute Gasteiger partial charge is 0.326 e. The normalized spacial score (nSPS) is 11.3. The highest BCUT2D eigenvalue weighted by Gasteiger charge is 2.10. The molecule has 3 heteroatoms. The van der Waals surface area contributed by atoms with Gasteiger partial charge in [0.1, 0.15) is 6.04 Å². The Balaban J connectivity index is 4.09. The van der Waals surface area contributed by atoms with Crippen LogP contribution in [0.2, 0.25) is 0 Å². The summed E-state index contributed by atoms with van der Waals surface area (Å²) < 4.78 is 0. The summed E-state index contributed by atoms with van der Waals surface area (Å²) in [5.41, 5.74) is 0. The van der Waals surface area contributed by atoms with Crippen LogP contribution < -0.4 is 0 Å². The molecule has 0 aliphatic carbocycles. The van der Waals surface area contributed by atoms with E-state index in [4.69, 9.17) is 5.26 Å². The third-order valence-electron chi connectivity index (χ3n) is 1.29. The maximum Gasteiger partial charge on any atom is 0.246 e. The van der Waals surface area contributed by atoms with Gasteiger partial charge in [-0.05, 0) is 13.0 Å². The van der Waals surface area contributed by atoms with E-state index in [1.165, 1.54) is 11.0 Å². The minimum absolute atomic E-state index is 0.228. The Bertz CT molecular complexity index is 181. The number of rotatable bonds is 2. The molecule has 0 aromatic heterocycles. The molecular formula is C7H10N2O. The second kappa shape index (κ2) is 3.67. The van der Waals surface area contributed by atoms with Crippen LogP contribution in [-0.2, 0) is 4.79 Å². The van der Waals surface area contributed by atoms with Gasteiger partial charge in [0.2, 0.25) is 5.91 Å². The number of hydrogen-bond donors (Lipinski definition) is 0. The van der Waals surface area contributed by atoms with Crippen molar-refractivity contribution in [3.05, 3.63) is 12.7 Å². The van der Waals surface area contributed by atoms with E-state index in [9.17, 15) is 4.79 Å². The second-order valence-electron chi connectivity index (χ2n) is 1.96. The van der Waals surface area contributed by atoms with Crippen LogP contribution in [0.3, 0.4) is 0 Å². The Morgan fingerprint density at radius 2 is 2.40 bits per heavy atom. The van der Waals surface area contributed by atoms with Gasteiger partial charge in [0.15, 0.2) is 0 Å². The number of hydrogen-bond acceptors (Lipinski definition) is 2. The summed E-state index contributed by atoms with van der Waals surface area (Å²) >= 11 is 0. The summed E-state index contributed by atoms with van der Waals surface area (Å²) in [6, 6.07) is 1.55. The van der Waals surface area contributed by atoms with Crippen molar-refractivity contribution in [1.29, 1.82) is 5.26 Å². The first-order valence-electron chi connectivity index (χ1n) is 2.92. The molecule has 0 radical (unpaired) electrons. The van der Waals surface area contributed by atoms with Crippen LogP contribution in [0.5, 0.6) is 0 Å². The first-order valence-corrected chi connectivity index (χ1v) is 2.92. The van der Waals surface area contributed by atoms with Crippen LogP contribution in [-0.4, -0.2) is 23.9 Å². The summed E-state index contributed by atoms with van der Waals surface area (Å²) in [6.45, 7) is 4.95. The van der Waals surface area contributed by atoms with Gasteiger partial charge in [0.05, 0.1) is 6.07 Å². The molecule has 0 fully saturated rings. The maximum absolute atomic E-state index is 10.8. The van der Waals surface area contributed by atoms with Crippen LogP contribution in [0.4, 0.5) is 0 Å². The predicted molar refractivity (Wildman–Crippen MR) is 38.0 cm³/mol. The fourth-order valence-corrected chi connectivity index (χ4v) is 0.421. The summed E-state index contributed by atoms with van der Waals surface area (Å²) in [6.07, 6.45) is 1.19. The van der Waals surface area contributed by atoms with Gasteiger partial charge in [-0.25, -0.2) is 0 Å². The molecule has 3 nitrogen and oxygen atoms in total. The molecule has 0 aliphatic heterocycles. The topological polar surface area (TPSA) is 44.1 Å². The Hall–Kier alpha value is -1.30. The van der Waals surface area contributed by atoms with E-state index in [0.717, 1.165) is 0 Å². The summed E-state index contributed by atoms with van der Waals surface area (Å²) in [5, 5.41) is 8.37. The van der Waals surface area contributed by atoms with Crippen LogP contribution in [0, 0.1) is 11.3 Å². The molecule has 0 bridgehead atoms. The van der Waals surface area contributed by atoms with E-state index in [2.05, 4.69) is 6.58 Å². The number of nitrogens with zero attached hydrogens (tertiary/aromatic N) is 2. The average molecular weight is 138 g/mol. The lowest BCUT2D eigenvalue weighted by Gasteiger charge is -2.16. The SMILES string of the molecule is C=CC(=O)N(C)C(C)C#N. The Morgan fingerprint density at radius 3 is 2.70 bits per heavy atom. The van der Waals surface area contributed by atoms with Crippen LogP contribution in [0.25, 0.3) is 0 Å². The van der Waals surface area contributed by atoms with E-state index in [0.29, 0.717) is 0 Å². The lowest BCUT2D eigenvalue weighted by molar-refractivity contribution is -0.125. The van der Waals surface area contributed by atoms with Crippen molar-refractivity contribution in [3.63, 3.8) is 0 Å². The van der Waals surface area contributed by atoms with Gasteiger partial charge < -0.3 is 4.90 Å². The Morgan fingerprint density at radius 1 is 1.90 bits per heavy atom. The number of carbonyl (C=O) groups excluding carboxylic acids is 1. The molecule has 54 valence electrons. The van der Waals surface area contributed by atoms with Crippen molar-refractivity contribution in [3.8, 4) is 6.07 Å². The second-order valence-corrected chi connectivity index (χ2v) is 1.96. The molecule has 1 atom stereocenters. The zero-order valence-electron chi connectivity index (χ0n) is 6.16. The van der Waals surface area contributed by atoms with E-state index in [-0.39, 0.29) is 11.9 Å². The van der Waals surface area contributed by atoms with E-state index >= 15 is 0 Å². The summed E-state index contributed by atoms with van der Waals surface area (Å²) in [7, 11) is 1.57. The van der Waals surface area contributed by atoms with Crippen molar-refractivity contribution >= 4 is 5.91 Å². The molecule has 0 N–H and O–H groups in total. The first-order chi connectivity index (χ1) is 4.63. The fourth-order valence-electron chi connectivity index (χ4n) is 0.421. The Kier molecular flexibility index (Phi) is 3.20. The van der Waals surface area contributed by atoms with Gasteiger partial charge in [-0.2, -0.15) is 5.26 Å². The lowest BCUT2D eigenvalue weighted by atomic mass is 10.3. The van der Waals surface area contributed by atoms with E-state index in [1.807, 2.05) is 6.07 Å². The number of amides is 1. The Labute approximate surface area is 60.6 Å². The van der Waals surface area contributed by atoms with Gasteiger partial charge in [-0.3, -0.25) is 4.79 Å². The number of carbonyl (C=O) groups is 1. The van der Waals surface area contributed by atoms with Crippen molar-refractivity contribution in [2.24, 2.45) is 0 Å². The minimum atomic E-state index is -0.384. The highest BCUT2D eigenvalue weighted by Crippen LogP contribution is 1.93. The van der Waals surface area contributed by atoms with Gasteiger partial charge in [0, 0.05) is 7.05 Å². The zero-order valence-corrected chi connectivity index (χ0v) is 6.16. The average Bonchev–Trinajstić information content (AvgIpc) is 2.00. The highest BCUT2D eigenvalue weighted by atomic mass is 16.2. The minimum Gasteiger partial charge on any atom is -0.326 e. The fraction of sp³-hybridized carbons (Fsp3) is 0.429. The molecule has 0 aromatic carbocycles. The highest BCUT2D eigenvalue weighted by molar-refractivity contribution is 5.87. The summed E-state index contributed by atoms with van der Waals surface area (Å²) in [4.78, 5) is 12.1. The lowest BCUT2D eigenvalue weighted by Crippen LogP contribution is -2.32. The summed E-state index contributed by atoms with van der Waals surface area (Å²) in [5.74, 6) is -0.228. The van der Waals surface area contributed by atoms with Crippen LogP contribution in [0.15, 0.2) is 12.7 Å². The molecule has 1 amide bonds. The molecule has 0 aromatic rings. The molecule has 1 unspecified atom stereocenters. The van der Waals surface area contributed by atoms with Gasteiger partial charge in [-0.1, -0.05) is 6.58 Å². The molecule has 10 heavy (non-hydrogen) atoms. The quantitative estimate of drug-likeness (QED) is 0.523. The smallest absolute Gasteiger partial charge is 0.246 e.